The maximum Gasteiger partial charge on any atom is 0.261 e. The van der Waals surface area contributed by atoms with Crippen molar-refractivity contribution in [3.8, 4) is 11.5 Å². The van der Waals surface area contributed by atoms with Crippen molar-refractivity contribution >= 4 is 10.1 Å². The van der Waals surface area contributed by atoms with E-state index in [2.05, 4.69) is 48.6 Å². The average molecular weight is 418 g/mol. The van der Waals surface area contributed by atoms with Gasteiger partial charge < -0.3 is 14.8 Å². The van der Waals surface area contributed by atoms with Gasteiger partial charge in [0.2, 0.25) is 6.79 Å². The van der Waals surface area contributed by atoms with Crippen LogP contribution < -0.4 is 14.8 Å². The van der Waals surface area contributed by atoms with Gasteiger partial charge in [-0.2, -0.15) is 8.42 Å². The Morgan fingerprint density at radius 2 is 2.00 bits per heavy atom. The van der Waals surface area contributed by atoms with Crippen LogP contribution in [-0.2, 0) is 23.0 Å². The van der Waals surface area contributed by atoms with Crippen LogP contribution in [0.3, 0.4) is 0 Å². The molecule has 6 nitrogen and oxygen atoms in total. The van der Waals surface area contributed by atoms with Gasteiger partial charge in [0.25, 0.3) is 10.1 Å². The Morgan fingerprint density at radius 1 is 1.21 bits per heavy atom. The molecule has 3 atom stereocenters. The monoisotopic (exact) mass is 417 g/mol. The molecule has 2 N–H and O–H groups in total. The molecule has 2 aliphatic heterocycles. The van der Waals surface area contributed by atoms with Crippen molar-refractivity contribution in [2.45, 2.75) is 38.1 Å². The molecule has 2 aromatic rings. The Bertz CT molecular complexity index is 996. The summed E-state index contributed by atoms with van der Waals surface area (Å²) in [5, 5.41) is 3.80. The van der Waals surface area contributed by atoms with E-state index < -0.39 is 10.1 Å². The SMILES string of the molecule is CS(=O)(=O)O.Cc1cccc(CC2NCC3c4ccc5c(c4CCC23)OCO5)c1. The van der Waals surface area contributed by atoms with Crippen molar-refractivity contribution in [2.75, 3.05) is 19.6 Å². The van der Waals surface area contributed by atoms with Crippen LogP contribution in [0.5, 0.6) is 11.5 Å². The van der Waals surface area contributed by atoms with Crippen molar-refractivity contribution in [1.82, 2.24) is 5.32 Å². The topological polar surface area (TPSA) is 84.9 Å². The Labute approximate surface area is 172 Å². The molecule has 0 saturated carbocycles. The van der Waals surface area contributed by atoms with E-state index in [0.717, 1.165) is 36.8 Å². The lowest BCUT2D eigenvalue weighted by molar-refractivity contribution is 0.173. The summed E-state index contributed by atoms with van der Waals surface area (Å²) in [5.74, 6) is 3.26. The highest BCUT2D eigenvalue weighted by molar-refractivity contribution is 7.85. The van der Waals surface area contributed by atoms with Gasteiger partial charge in [0, 0.05) is 24.1 Å². The number of hydrogen-bond acceptors (Lipinski definition) is 5. The molecule has 3 aliphatic rings. The summed E-state index contributed by atoms with van der Waals surface area (Å²) in [7, 11) is -3.67. The fourth-order valence-electron chi connectivity index (χ4n) is 4.88. The van der Waals surface area contributed by atoms with E-state index in [1.165, 1.54) is 28.7 Å². The zero-order chi connectivity index (χ0) is 20.6. The molecule has 0 aromatic heterocycles. The minimum Gasteiger partial charge on any atom is -0.454 e. The van der Waals surface area contributed by atoms with Crippen molar-refractivity contribution < 1.29 is 22.4 Å². The molecule has 0 spiro atoms. The average Bonchev–Trinajstić information content (AvgIpc) is 3.27. The lowest BCUT2D eigenvalue weighted by Gasteiger charge is -2.31. The van der Waals surface area contributed by atoms with Crippen LogP contribution >= 0.6 is 0 Å². The van der Waals surface area contributed by atoms with Crippen LogP contribution in [0.15, 0.2) is 36.4 Å². The van der Waals surface area contributed by atoms with Crippen molar-refractivity contribution in [2.24, 2.45) is 5.92 Å². The molecule has 2 aromatic carbocycles. The fourth-order valence-corrected chi connectivity index (χ4v) is 4.88. The number of benzene rings is 2. The van der Waals surface area contributed by atoms with Gasteiger partial charge >= 0.3 is 0 Å². The van der Waals surface area contributed by atoms with Crippen molar-refractivity contribution in [3.63, 3.8) is 0 Å². The van der Waals surface area contributed by atoms with Gasteiger partial charge in [-0.25, -0.2) is 0 Å². The van der Waals surface area contributed by atoms with Crippen LogP contribution in [0.2, 0.25) is 0 Å². The Balaban J connectivity index is 0.000000369. The third-order valence-corrected chi connectivity index (χ3v) is 5.98. The molecular weight excluding hydrogens is 390 g/mol. The first-order chi connectivity index (χ1) is 13.8. The quantitative estimate of drug-likeness (QED) is 0.731. The highest BCUT2D eigenvalue weighted by Gasteiger charge is 2.41. The molecule has 1 aliphatic carbocycles. The van der Waals surface area contributed by atoms with Crippen molar-refractivity contribution in [1.29, 1.82) is 0 Å². The first-order valence-electron chi connectivity index (χ1n) is 9.92. The summed E-state index contributed by atoms with van der Waals surface area (Å²) in [6.07, 6.45) is 4.19. The Hall–Kier alpha value is -2.09. The lowest BCUT2D eigenvalue weighted by atomic mass is 9.73. The van der Waals surface area contributed by atoms with E-state index in [-0.39, 0.29) is 0 Å². The lowest BCUT2D eigenvalue weighted by Crippen LogP contribution is -2.31. The summed E-state index contributed by atoms with van der Waals surface area (Å²) in [5.41, 5.74) is 5.67. The minimum absolute atomic E-state index is 0.369. The predicted molar refractivity (Wildman–Crippen MR) is 111 cm³/mol. The standard InChI is InChI=1S/C21H23NO2.CH4O3S/c1-13-3-2-4-14(9-13)10-19-16-5-6-17-15(18(16)11-22-19)7-8-20-21(17)24-12-23-20;1-5(2,3)4/h2-4,7-9,16,18-19,22H,5-6,10-12H2,1H3;1H3,(H,2,3,4). The maximum absolute atomic E-state index is 9.19. The molecule has 0 radical (unpaired) electrons. The zero-order valence-electron chi connectivity index (χ0n) is 16.7. The van der Waals surface area contributed by atoms with Gasteiger partial charge in [-0.15, -0.1) is 0 Å². The van der Waals surface area contributed by atoms with Crippen molar-refractivity contribution in [3.05, 3.63) is 58.7 Å². The largest absolute Gasteiger partial charge is 0.454 e. The van der Waals surface area contributed by atoms with E-state index in [1.807, 2.05) is 0 Å². The maximum atomic E-state index is 9.19. The molecule has 156 valence electrons. The molecule has 3 unspecified atom stereocenters. The van der Waals surface area contributed by atoms with Gasteiger partial charge in [0.05, 0.1) is 6.26 Å². The normalized spacial score (nSPS) is 24.3. The van der Waals surface area contributed by atoms with Crippen LogP contribution in [0.4, 0.5) is 0 Å². The number of ether oxygens (including phenoxy) is 2. The molecule has 7 heteroatoms. The molecule has 1 fully saturated rings. The molecule has 29 heavy (non-hydrogen) atoms. The predicted octanol–water partition coefficient (Wildman–Crippen LogP) is 3.09. The second-order valence-electron chi connectivity index (χ2n) is 8.12. The zero-order valence-corrected chi connectivity index (χ0v) is 17.5. The third kappa shape index (κ3) is 4.57. The molecule has 5 rings (SSSR count). The summed E-state index contributed by atoms with van der Waals surface area (Å²) in [4.78, 5) is 0. The summed E-state index contributed by atoms with van der Waals surface area (Å²) in [6, 6.07) is 13.9. The first-order valence-corrected chi connectivity index (χ1v) is 11.8. The van der Waals surface area contributed by atoms with E-state index in [0.29, 0.717) is 25.0 Å². The van der Waals surface area contributed by atoms with Crippen LogP contribution in [-0.4, -0.2) is 38.6 Å². The highest BCUT2D eigenvalue weighted by atomic mass is 32.2. The van der Waals surface area contributed by atoms with E-state index in [4.69, 9.17) is 14.0 Å². The van der Waals surface area contributed by atoms with E-state index >= 15 is 0 Å². The van der Waals surface area contributed by atoms with Gasteiger partial charge in [-0.1, -0.05) is 35.9 Å². The van der Waals surface area contributed by atoms with Gasteiger partial charge in [-0.05, 0) is 49.3 Å². The first kappa shape index (κ1) is 20.2. The van der Waals surface area contributed by atoms with Gasteiger partial charge in [0.15, 0.2) is 11.5 Å². The number of nitrogens with one attached hydrogen (secondary N) is 1. The molecule has 0 amide bonds. The Kier molecular flexibility index (Phi) is 5.55. The Morgan fingerprint density at radius 3 is 2.76 bits per heavy atom. The summed E-state index contributed by atoms with van der Waals surface area (Å²) < 4.78 is 37.2. The van der Waals surface area contributed by atoms with E-state index in [1.54, 1.807) is 0 Å². The smallest absolute Gasteiger partial charge is 0.261 e. The minimum atomic E-state index is -3.67. The molecular formula is C22H27NO5S. The third-order valence-electron chi connectivity index (χ3n) is 5.98. The van der Waals surface area contributed by atoms with Gasteiger partial charge in [-0.3, -0.25) is 4.55 Å². The van der Waals surface area contributed by atoms with Crippen LogP contribution in [0, 0.1) is 12.8 Å². The number of aryl methyl sites for hydroxylation is 1. The van der Waals surface area contributed by atoms with Crippen LogP contribution in [0.1, 0.15) is 34.6 Å². The number of hydrogen-bond donors (Lipinski definition) is 2. The van der Waals surface area contributed by atoms with Gasteiger partial charge in [0.1, 0.15) is 0 Å². The molecule has 1 saturated heterocycles. The van der Waals surface area contributed by atoms with Crippen LogP contribution in [0.25, 0.3) is 0 Å². The highest BCUT2D eigenvalue weighted by Crippen LogP contribution is 2.48. The molecule has 2 heterocycles. The second-order valence-corrected chi connectivity index (χ2v) is 9.58. The van der Waals surface area contributed by atoms with E-state index in [9.17, 15) is 8.42 Å². The number of rotatable bonds is 2. The summed E-state index contributed by atoms with van der Waals surface area (Å²) in [6.45, 7) is 3.62. The molecule has 0 bridgehead atoms. The summed E-state index contributed by atoms with van der Waals surface area (Å²) >= 11 is 0. The fraction of sp³-hybridized carbons (Fsp3) is 0.455. The number of fused-ring (bicyclic) bond motifs is 5. The second kappa shape index (κ2) is 7.97.